The number of nitrogens with two attached hydrogens (primary N) is 1. The summed E-state index contributed by atoms with van der Waals surface area (Å²) in [7, 11) is 1.74. The maximum Gasteiger partial charge on any atom is 0.410 e. The average molecular weight is 396 g/mol. The quantitative estimate of drug-likeness (QED) is 0.546. The van der Waals surface area contributed by atoms with Crippen LogP contribution in [0.2, 0.25) is 0 Å². The zero-order valence-electron chi connectivity index (χ0n) is 17.3. The minimum absolute atomic E-state index is 0.313. The molecule has 4 N–H and O–H groups in total. The van der Waals surface area contributed by atoms with Crippen molar-refractivity contribution < 1.29 is 9.53 Å². The summed E-state index contributed by atoms with van der Waals surface area (Å²) in [4.78, 5) is 17.9. The second-order valence-corrected chi connectivity index (χ2v) is 7.98. The summed E-state index contributed by atoms with van der Waals surface area (Å²) in [5, 5.41) is 11.1. The molecule has 8 heteroatoms. The van der Waals surface area contributed by atoms with Crippen molar-refractivity contribution in [2.45, 2.75) is 32.8 Å². The Morgan fingerprint density at radius 1 is 1.24 bits per heavy atom. The maximum absolute atomic E-state index is 12.0. The van der Waals surface area contributed by atoms with Crippen LogP contribution in [-0.2, 0) is 4.74 Å². The van der Waals surface area contributed by atoms with Crippen LogP contribution in [0.3, 0.4) is 0 Å². The number of ether oxygens (including phenoxy) is 1. The number of anilines is 2. The van der Waals surface area contributed by atoms with Crippen molar-refractivity contribution in [3.8, 4) is 11.1 Å². The van der Waals surface area contributed by atoms with Crippen LogP contribution in [0.15, 0.2) is 36.5 Å². The fourth-order valence-corrected chi connectivity index (χ4v) is 2.88. The second-order valence-electron chi connectivity index (χ2n) is 7.98. The molecule has 29 heavy (non-hydrogen) atoms. The highest BCUT2D eigenvalue weighted by Gasteiger charge is 2.19. The number of aromatic nitrogens is 3. The largest absolute Gasteiger partial charge is 0.444 e. The summed E-state index contributed by atoms with van der Waals surface area (Å²) in [6.07, 6.45) is 2.23. The molecule has 0 spiro atoms. The predicted octanol–water partition coefficient (Wildman–Crippen LogP) is 3.88. The van der Waals surface area contributed by atoms with Crippen molar-refractivity contribution >= 4 is 28.6 Å². The van der Waals surface area contributed by atoms with Crippen LogP contribution in [0.1, 0.15) is 27.2 Å². The molecule has 0 bridgehead atoms. The molecular weight excluding hydrogens is 368 g/mol. The van der Waals surface area contributed by atoms with E-state index in [1.807, 2.05) is 51.1 Å². The maximum atomic E-state index is 12.0. The highest BCUT2D eigenvalue weighted by atomic mass is 16.6. The van der Waals surface area contributed by atoms with Gasteiger partial charge in [0.2, 0.25) is 0 Å². The van der Waals surface area contributed by atoms with E-state index in [4.69, 9.17) is 10.5 Å². The lowest BCUT2D eigenvalue weighted by Gasteiger charge is -2.24. The standard InChI is InChI=1S/C21H28N6O2/c1-21(2,3)29-20(28)27(4)11-5-9-23-18-13-15(8-10-24-18)14-6-7-17-16(12-14)19(22)26-25-17/h6-8,10,12-13H,5,9,11H2,1-4H3,(H,23,24)(H3,22,25,26). The Hall–Kier alpha value is -3.29. The van der Waals surface area contributed by atoms with E-state index in [9.17, 15) is 4.79 Å². The van der Waals surface area contributed by atoms with Crippen molar-refractivity contribution in [2.24, 2.45) is 0 Å². The molecule has 1 aromatic carbocycles. The second kappa shape index (κ2) is 8.38. The number of amides is 1. The molecule has 154 valence electrons. The van der Waals surface area contributed by atoms with Gasteiger partial charge in [0.1, 0.15) is 11.4 Å². The molecule has 0 radical (unpaired) electrons. The van der Waals surface area contributed by atoms with Crippen molar-refractivity contribution in [3.63, 3.8) is 0 Å². The third kappa shape index (κ3) is 5.37. The lowest BCUT2D eigenvalue weighted by atomic mass is 10.0. The molecule has 0 atom stereocenters. The van der Waals surface area contributed by atoms with Crippen LogP contribution >= 0.6 is 0 Å². The Morgan fingerprint density at radius 3 is 2.76 bits per heavy atom. The van der Waals surface area contributed by atoms with Crippen LogP contribution in [0.25, 0.3) is 22.0 Å². The Kier molecular flexibility index (Phi) is 5.91. The first-order valence-electron chi connectivity index (χ1n) is 9.61. The minimum atomic E-state index is -0.488. The number of carbonyl (C=O) groups is 1. The molecule has 0 unspecified atom stereocenters. The van der Waals surface area contributed by atoms with Crippen molar-refractivity contribution in [2.75, 3.05) is 31.2 Å². The van der Waals surface area contributed by atoms with Crippen LogP contribution < -0.4 is 11.1 Å². The SMILES string of the molecule is CN(CCCNc1cc(-c2ccc3[nH]nc(N)c3c2)ccn1)C(=O)OC(C)(C)C. The molecule has 2 heterocycles. The number of benzene rings is 1. The number of nitrogen functional groups attached to an aromatic ring is 1. The Labute approximate surface area is 170 Å². The third-order valence-corrected chi connectivity index (χ3v) is 4.37. The van der Waals surface area contributed by atoms with Gasteiger partial charge < -0.3 is 20.7 Å². The van der Waals surface area contributed by atoms with Gasteiger partial charge in [-0.15, -0.1) is 0 Å². The summed E-state index contributed by atoms with van der Waals surface area (Å²) in [5.41, 5.74) is 8.41. The van der Waals surface area contributed by atoms with E-state index in [0.717, 1.165) is 34.3 Å². The van der Waals surface area contributed by atoms with Gasteiger partial charge >= 0.3 is 6.09 Å². The zero-order valence-corrected chi connectivity index (χ0v) is 17.3. The molecule has 0 aliphatic heterocycles. The van der Waals surface area contributed by atoms with E-state index in [1.165, 1.54) is 0 Å². The van der Waals surface area contributed by atoms with E-state index < -0.39 is 5.60 Å². The number of hydrogen-bond donors (Lipinski definition) is 3. The van der Waals surface area contributed by atoms with Crippen molar-refractivity contribution in [1.29, 1.82) is 0 Å². The van der Waals surface area contributed by atoms with Crippen LogP contribution in [-0.4, -0.2) is 51.9 Å². The lowest BCUT2D eigenvalue weighted by molar-refractivity contribution is 0.0298. The average Bonchev–Trinajstić information content (AvgIpc) is 3.04. The molecule has 2 aromatic heterocycles. The van der Waals surface area contributed by atoms with E-state index in [0.29, 0.717) is 18.9 Å². The molecule has 0 aliphatic rings. The van der Waals surface area contributed by atoms with Gasteiger partial charge in [-0.05, 0) is 62.6 Å². The molecule has 0 aliphatic carbocycles. The van der Waals surface area contributed by atoms with Crippen LogP contribution in [0.5, 0.6) is 0 Å². The number of pyridine rings is 1. The minimum Gasteiger partial charge on any atom is -0.444 e. The highest BCUT2D eigenvalue weighted by Crippen LogP contribution is 2.27. The normalized spacial score (nSPS) is 11.4. The first kappa shape index (κ1) is 20.4. The van der Waals surface area contributed by atoms with E-state index in [2.05, 4.69) is 20.5 Å². The number of H-pyrrole nitrogens is 1. The molecule has 0 fully saturated rings. The van der Waals surface area contributed by atoms with Crippen LogP contribution in [0, 0.1) is 0 Å². The Morgan fingerprint density at radius 2 is 2.00 bits per heavy atom. The molecule has 3 aromatic rings. The molecule has 0 saturated carbocycles. The number of rotatable bonds is 6. The van der Waals surface area contributed by atoms with Crippen molar-refractivity contribution in [3.05, 3.63) is 36.5 Å². The van der Waals surface area contributed by atoms with Gasteiger partial charge in [-0.25, -0.2) is 9.78 Å². The van der Waals surface area contributed by atoms with E-state index >= 15 is 0 Å². The summed E-state index contributed by atoms with van der Waals surface area (Å²) < 4.78 is 5.35. The van der Waals surface area contributed by atoms with Gasteiger partial charge in [-0.1, -0.05) is 6.07 Å². The summed E-state index contributed by atoms with van der Waals surface area (Å²) in [6.45, 7) is 6.86. The number of hydrogen-bond acceptors (Lipinski definition) is 6. The van der Waals surface area contributed by atoms with Crippen molar-refractivity contribution in [1.82, 2.24) is 20.1 Å². The molecule has 3 rings (SSSR count). The van der Waals surface area contributed by atoms with Gasteiger partial charge in [0.15, 0.2) is 5.82 Å². The van der Waals surface area contributed by atoms with Gasteiger partial charge in [0.05, 0.1) is 5.52 Å². The Balaban J connectivity index is 1.56. The number of carbonyl (C=O) groups excluding carboxylic acids is 1. The lowest BCUT2D eigenvalue weighted by Crippen LogP contribution is -2.35. The fourth-order valence-electron chi connectivity index (χ4n) is 2.88. The Bertz CT molecular complexity index is 992. The first-order chi connectivity index (χ1) is 13.7. The molecular formula is C21H28N6O2. The highest BCUT2D eigenvalue weighted by molar-refractivity contribution is 5.92. The van der Waals surface area contributed by atoms with Gasteiger partial charge in [0.25, 0.3) is 0 Å². The van der Waals surface area contributed by atoms with Crippen LogP contribution in [0.4, 0.5) is 16.4 Å². The fraction of sp³-hybridized carbons (Fsp3) is 0.381. The monoisotopic (exact) mass is 396 g/mol. The summed E-state index contributed by atoms with van der Waals surface area (Å²) in [5.74, 6) is 1.27. The number of nitrogens with one attached hydrogen (secondary N) is 2. The number of nitrogens with zero attached hydrogens (tertiary/aromatic N) is 3. The molecule has 1 amide bonds. The smallest absolute Gasteiger partial charge is 0.410 e. The van der Waals surface area contributed by atoms with Gasteiger partial charge in [0, 0.05) is 31.7 Å². The summed E-state index contributed by atoms with van der Waals surface area (Å²) >= 11 is 0. The topological polar surface area (TPSA) is 109 Å². The van der Waals surface area contributed by atoms with E-state index in [1.54, 1.807) is 18.1 Å². The zero-order chi connectivity index (χ0) is 21.0. The predicted molar refractivity (Wildman–Crippen MR) is 116 cm³/mol. The number of fused-ring (bicyclic) bond motifs is 1. The molecule has 0 saturated heterocycles. The molecule has 8 nitrogen and oxygen atoms in total. The third-order valence-electron chi connectivity index (χ3n) is 4.37. The van der Waals surface area contributed by atoms with E-state index in [-0.39, 0.29) is 6.09 Å². The number of aromatic amines is 1. The van der Waals surface area contributed by atoms with Gasteiger partial charge in [-0.2, -0.15) is 5.10 Å². The summed E-state index contributed by atoms with van der Waals surface area (Å²) in [6, 6.07) is 9.96. The van der Waals surface area contributed by atoms with Gasteiger partial charge in [-0.3, -0.25) is 5.10 Å². The first-order valence-corrected chi connectivity index (χ1v) is 9.61.